The molecule has 2 amide bonds. The van der Waals surface area contributed by atoms with Crippen LogP contribution in [0.1, 0.15) is 69.2 Å². The van der Waals surface area contributed by atoms with Gasteiger partial charge in [-0.15, -0.1) is 0 Å². The number of carbonyl (C=O) groups is 2. The monoisotopic (exact) mass is 664 g/mol. The molecule has 10 heteroatoms. The van der Waals surface area contributed by atoms with E-state index >= 15 is 0 Å². The third kappa shape index (κ3) is 6.99. The van der Waals surface area contributed by atoms with Crippen LogP contribution in [0.15, 0.2) is 93.9 Å². The van der Waals surface area contributed by atoms with Crippen molar-refractivity contribution in [2.45, 2.75) is 52.5 Å². The largest absolute Gasteiger partial charge is 0.490 e. The van der Waals surface area contributed by atoms with Crippen LogP contribution in [-0.4, -0.2) is 47.6 Å². The molecule has 0 unspecified atom stereocenters. The number of carbonyl (C=O) groups excluding carboxylic acids is 2. The van der Waals surface area contributed by atoms with Gasteiger partial charge in [0.2, 0.25) is 0 Å². The molecule has 0 bridgehead atoms. The fourth-order valence-corrected chi connectivity index (χ4v) is 7.11. The molecule has 2 aliphatic rings. The fraction of sp³-hybridized carbons (Fsp3) is 0.316. The van der Waals surface area contributed by atoms with E-state index in [0.29, 0.717) is 50.3 Å². The van der Waals surface area contributed by atoms with Gasteiger partial charge in [-0.25, -0.2) is 4.99 Å². The minimum atomic E-state index is -0.670. The maximum atomic E-state index is 14.2. The van der Waals surface area contributed by atoms with Crippen molar-refractivity contribution >= 4 is 34.9 Å². The summed E-state index contributed by atoms with van der Waals surface area (Å²) in [5.74, 6) is 0.947. The van der Waals surface area contributed by atoms with Crippen LogP contribution in [0.5, 0.6) is 11.5 Å². The summed E-state index contributed by atoms with van der Waals surface area (Å²) in [6, 6.07) is 22.1. The number of hydrogen-bond donors (Lipinski definition) is 1. The van der Waals surface area contributed by atoms with E-state index in [-0.39, 0.29) is 24.0 Å². The van der Waals surface area contributed by atoms with Crippen LogP contribution in [0.4, 0.5) is 5.69 Å². The molecule has 1 aromatic heterocycles. The Labute approximate surface area is 283 Å². The molecule has 1 atom stereocenters. The molecule has 1 N–H and O–H groups in total. The molecule has 4 aromatic rings. The molecule has 248 valence electrons. The van der Waals surface area contributed by atoms with Crippen LogP contribution in [-0.2, 0) is 9.59 Å². The van der Waals surface area contributed by atoms with Crippen molar-refractivity contribution in [3.63, 3.8) is 0 Å². The maximum Gasteiger partial charge on any atom is 0.271 e. The molecule has 48 heavy (non-hydrogen) atoms. The van der Waals surface area contributed by atoms with Crippen LogP contribution in [0.3, 0.4) is 0 Å². The van der Waals surface area contributed by atoms with Gasteiger partial charge in [0.1, 0.15) is 0 Å². The fourth-order valence-electron chi connectivity index (χ4n) is 6.06. The number of thiazole rings is 1. The van der Waals surface area contributed by atoms with Crippen LogP contribution >= 0.6 is 11.3 Å². The number of anilines is 1. The van der Waals surface area contributed by atoms with E-state index in [4.69, 9.17) is 14.5 Å². The molecule has 0 saturated carbocycles. The van der Waals surface area contributed by atoms with E-state index in [0.717, 1.165) is 37.1 Å². The lowest BCUT2D eigenvalue weighted by Crippen LogP contribution is -2.40. The molecule has 3 heterocycles. The lowest BCUT2D eigenvalue weighted by Gasteiger charge is -2.25. The van der Waals surface area contributed by atoms with Crippen molar-refractivity contribution < 1.29 is 19.1 Å². The van der Waals surface area contributed by atoms with Crippen molar-refractivity contribution in [3.05, 3.63) is 120 Å². The topological polar surface area (TPSA) is 102 Å². The molecule has 3 aromatic carbocycles. The number of allylic oxidation sites excluding steroid dienone is 1. The van der Waals surface area contributed by atoms with Gasteiger partial charge in [0.05, 0.1) is 28.5 Å². The van der Waals surface area contributed by atoms with E-state index in [1.54, 1.807) is 16.7 Å². The Morgan fingerprint density at radius 2 is 1.73 bits per heavy atom. The third-order valence-corrected chi connectivity index (χ3v) is 9.58. The van der Waals surface area contributed by atoms with Gasteiger partial charge >= 0.3 is 0 Å². The zero-order chi connectivity index (χ0) is 33.8. The van der Waals surface area contributed by atoms with Crippen molar-refractivity contribution in [2.24, 2.45) is 4.99 Å². The van der Waals surface area contributed by atoms with Crippen molar-refractivity contribution in [1.82, 2.24) is 9.47 Å². The number of para-hydroxylation sites is 1. The Balaban J connectivity index is 1.37. The summed E-state index contributed by atoms with van der Waals surface area (Å²) in [5, 5.41) is 3.00. The maximum absolute atomic E-state index is 14.2. The lowest BCUT2D eigenvalue weighted by atomic mass is 9.93. The number of rotatable bonds is 10. The summed E-state index contributed by atoms with van der Waals surface area (Å²) in [4.78, 5) is 47.7. The quantitative estimate of drug-likeness (QED) is 0.245. The highest BCUT2D eigenvalue weighted by Crippen LogP contribution is 2.32. The lowest BCUT2D eigenvalue weighted by molar-refractivity contribution is -0.132. The van der Waals surface area contributed by atoms with Crippen molar-refractivity contribution in [2.75, 3.05) is 31.6 Å². The first kappa shape index (κ1) is 33.0. The molecule has 0 aliphatic carbocycles. The summed E-state index contributed by atoms with van der Waals surface area (Å²) in [6.07, 6.45) is 3.83. The smallest absolute Gasteiger partial charge is 0.271 e. The second kappa shape index (κ2) is 14.4. The van der Waals surface area contributed by atoms with Gasteiger partial charge in [-0.2, -0.15) is 0 Å². The van der Waals surface area contributed by atoms with Crippen LogP contribution in [0.25, 0.3) is 6.08 Å². The summed E-state index contributed by atoms with van der Waals surface area (Å²) in [7, 11) is 0. The molecule has 6 rings (SSSR count). The predicted octanol–water partition coefficient (Wildman–Crippen LogP) is 5.40. The second-order valence-corrected chi connectivity index (χ2v) is 13.2. The first-order valence-electron chi connectivity index (χ1n) is 16.4. The summed E-state index contributed by atoms with van der Waals surface area (Å²) in [6.45, 7) is 9.83. The molecule has 2 aliphatic heterocycles. The van der Waals surface area contributed by atoms with Crippen LogP contribution < -0.4 is 29.7 Å². The summed E-state index contributed by atoms with van der Waals surface area (Å²) in [5.41, 5.74) is 4.10. The average molecular weight is 665 g/mol. The number of aromatic nitrogens is 1. The highest BCUT2D eigenvalue weighted by atomic mass is 32.1. The minimum Gasteiger partial charge on any atom is -0.490 e. The number of ether oxygens (including phenoxy) is 2. The zero-order valence-electron chi connectivity index (χ0n) is 27.7. The normalized spacial score (nSPS) is 16.1. The van der Waals surface area contributed by atoms with E-state index < -0.39 is 6.04 Å². The van der Waals surface area contributed by atoms with Gasteiger partial charge < -0.3 is 19.7 Å². The van der Waals surface area contributed by atoms with E-state index in [1.807, 2.05) is 73.3 Å². The highest BCUT2D eigenvalue weighted by Gasteiger charge is 2.32. The van der Waals surface area contributed by atoms with Crippen molar-refractivity contribution in [1.29, 1.82) is 0 Å². The van der Waals surface area contributed by atoms with Gasteiger partial charge in [-0.3, -0.25) is 19.0 Å². The number of amides is 2. The standard InChI is InChI=1S/C38H40N4O5S/c1-5-46-31-21-26(13-18-30(31)47-23-33(43)41-19-9-10-20-41)22-32-37(45)42-35(28-16-14-27(15-17-28)24(2)3)34(25(4)39-38(42)48-32)36(44)40-29-11-7-6-8-12-29/h6-8,11-18,21-22,24,35H,5,9-10,19-20,23H2,1-4H3,(H,40,44)/b32-22+/t35-/m1/s1. The van der Waals surface area contributed by atoms with Gasteiger partial charge in [-0.1, -0.05) is 73.7 Å². The Kier molecular flexibility index (Phi) is 9.91. The predicted molar refractivity (Wildman–Crippen MR) is 188 cm³/mol. The molecular formula is C38H40N4O5S. The molecule has 1 fully saturated rings. The van der Waals surface area contributed by atoms with E-state index in [9.17, 15) is 14.4 Å². The Morgan fingerprint density at radius 1 is 1.00 bits per heavy atom. The Bertz CT molecular complexity index is 2020. The van der Waals surface area contributed by atoms with Gasteiger partial charge in [-0.05, 0) is 79.6 Å². The molecule has 1 saturated heterocycles. The van der Waals surface area contributed by atoms with Crippen LogP contribution in [0.2, 0.25) is 0 Å². The molecular weight excluding hydrogens is 625 g/mol. The zero-order valence-corrected chi connectivity index (χ0v) is 28.5. The first-order valence-corrected chi connectivity index (χ1v) is 17.2. The van der Waals surface area contributed by atoms with Gasteiger partial charge in [0.15, 0.2) is 22.9 Å². The number of likely N-dealkylation sites (tertiary alicyclic amines) is 1. The number of nitrogens with one attached hydrogen (secondary N) is 1. The van der Waals surface area contributed by atoms with Crippen LogP contribution in [0, 0.1) is 0 Å². The number of benzene rings is 3. The second-order valence-electron chi connectivity index (χ2n) is 12.2. The summed E-state index contributed by atoms with van der Waals surface area (Å²) < 4.78 is 13.8. The third-order valence-electron chi connectivity index (χ3n) is 8.59. The average Bonchev–Trinajstić information content (AvgIpc) is 3.73. The molecule has 0 radical (unpaired) electrons. The number of nitrogens with zero attached hydrogens (tertiary/aromatic N) is 3. The first-order chi connectivity index (χ1) is 23.2. The molecule has 9 nitrogen and oxygen atoms in total. The van der Waals surface area contributed by atoms with Gasteiger partial charge in [0, 0.05) is 18.8 Å². The Morgan fingerprint density at radius 3 is 2.42 bits per heavy atom. The minimum absolute atomic E-state index is 0.0411. The van der Waals surface area contributed by atoms with E-state index in [1.165, 1.54) is 16.9 Å². The number of hydrogen-bond acceptors (Lipinski definition) is 7. The Hall–Kier alpha value is -4.96. The number of fused-ring (bicyclic) bond motifs is 1. The SMILES string of the molecule is CCOc1cc(/C=c2/sc3n(c2=O)[C@H](c2ccc(C(C)C)cc2)C(C(=O)Nc2ccccc2)=C(C)N=3)ccc1OCC(=O)N1CCCC1. The van der Waals surface area contributed by atoms with Crippen molar-refractivity contribution in [3.8, 4) is 11.5 Å². The molecule has 0 spiro atoms. The summed E-state index contributed by atoms with van der Waals surface area (Å²) >= 11 is 1.28. The van der Waals surface area contributed by atoms with E-state index in [2.05, 4.69) is 31.3 Å². The van der Waals surface area contributed by atoms with Gasteiger partial charge in [0.25, 0.3) is 17.4 Å². The highest BCUT2D eigenvalue weighted by molar-refractivity contribution is 7.07.